The minimum atomic E-state index is 0.00573. The Hall–Kier alpha value is -1.62. The van der Waals surface area contributed by atoms with Crippen molar-refractivity contribution in [2.45, 2.75) is 19.3 Å². The van der Waals surface area contributed by atoms with E-state index in [1.54, 1.807) is 18.3 Å². The minimum absolute atomic E-state index is 0.00573. The number of nitrogens with one attached hydrogen (secondary N) is 1. The summed E-state index contributed by atoms with van der Waals surface area (Å²) in [5.74, 6) is 0.603. The van der Waals surface area contributed by atoms with Crippen molar-refractivity contribution in [3.05, 3.63) is 24.0 Å². The molecule has 5 heteroatoms. The monoisotopic (exact) mass is 249 g/mol. The van der Waals surface area contributed by atoms with Gasteiger partial charge in [0, 0.05) is 25.5 Å². The van der Waals surface area contributed by atoms with Crippen molar-refractivity contribution in [3.8, 4) is 0 Å². The molecular weight excluding hydrogens is 230 g/mol. The molecule has 1 aliphatic heterocycles. The Balaban J connectivity index is 1.66. The highest BCUT2D eigenvalue weighted by atomic mass is 16.5. The third kappa shape index (κ3) is 4.00. The number of aromatic nitrogens is 1. The SMILES string of the molecule is Nc1ccc(CC(=O)NCCC2CCOC2)nc1. The van der Waals surface area contributed by atoms with E-state index in [0.717, 1.165) is 31.7 Å². The van der Waals surface area contributed by atoms with Crippen molar-refractivity contribution in [3.63, 3.8) is 0 Å². The van der Waals surface area contributed by atoms with E-state index in [1.807, 2.05) is 0 Å². The average Bonchev–Trinajstić information content (AvgIpc) is 2.85. The summed E-state index contributed by atoms with van der Waals surface area (Å²) in [6.45, 7) is 2.39. The number of anilines is 1. The zero-order chi connectivity index (χ0) is 12.8. The van der Waals surface area contributed by atoms with Crippen LogP contribution in [0.4, 0.5) is 5.69 Å². The lowest BCUT2D eigenvalue weighted by Gasteiger charge is -2.08. The Bertz CT molecular complexity index is 386. The van der Waals surface area contributed by atoms with Crippen LogP contribution in [0.15, 0.2) is 18.3 Å². The molecule has 0 radical (unpaired) electrons. The second-order valence-corrected chi connectivity index (χ2v) is 4.63. The van der Waals surface area contributed by atoms with Crippen molar-refractivity contribution in [1.29, 1.82) is 0 Å². The first-order valence-electron chi connectivity index (χ1n) is 6.29. The summed E-state index contributed by atoms with van der Waals surface area (Å²) < 4.78 is 5.29. The second kappa shape index (κ2) is 6.35. The van der Waals surface area contributed by atoms with Crippen molar-refractivity contribution < 1.29 is 9.53 Å². The molecule has 98 valence electrons. The molecule has 1 saturated heterocycles. The topological polar surface area (TPSA) is 77.2 Å². The molecular formula is C13H19N3O2. The zero-order valence-electron chi connectivity index (χ0n) is 10.4. The predicted octanol–water partition coefficient (Wildman–Crippen LogP) is 0.749. The van der Waals surface area contributed by atoms with E-state index in [2.05, 4.69) is 10.3 Å². The van der Waals surface area contributed by atoms with E-state index >= 15 is 0 Å². The quantitative estimate of drug-likeness (QED) is 0.807. The fraction of sp³-hybridized carbons (Fsp3) is 0.538. The maximum atomic E-state index is 11.7. The molecule has 1 atom stereocenters. The van der Waals surface area contributed by atoms with Crippen LogP contribution in [0.2, 0.25) is 0 Å². The van der Waals surface area contributed by atoms with Gasteiger partial charge in [0.15, 0.2) is 0 Å². The fourth-order valence-electron chi connectivity index (χ4n) is 1.99. The molecule has 2 rings (SSSR count). The van der Waals surface area contributed by atoms with Gasteiger partial charge in [0.1, 0.15) is 0 Å². The summed E-state index contributed by atoms with van der Waals surface area (Å²) in [5, 5.41) is 2.91. The third-order valence-electron chi connectivity index (χ3n) is 3.09. The van der Waals surface area contributed by atoms with Crippen molar-refractivity contribution >= 4 is 11.6 Å². The number of ether oxygens (including phenoxy) is 1. The molecule has 0 bridgehead atoms. The Morgan fingerprint density at radius 2 is 2.44 bits per heavy atom. The Morgan fingerprint density at radius 1 is 1.56 bits per heavy atom. The largest absolute Gasteiger partial charge is 0.397 e. The number of pyridine rings is 1. The molecule has 1 aliphatic rings. The molecule has 3 N–H and O–H groups in total. The number of rotatable bonds is 5. The Labute approximate surface area is 107 Å². The standard InChI is InChI=1S/C13H19N3O2/c14-11-1-2-12(16-8-11)7-13(17)15-5-3-10-4-6-18-9-10/h1-2,8,10H,3-7,9,14H2,(H,15,17). The maximum Gasteiger partial charge on any atom is 0.226 e. The summed E-state index contributed by atoms with van der Waals surface area (Å²) >= 11 is 0. The van der Waals surface area contributed by atoms with Gasteiger partial charge in [0.25, 0.3) is 0 Å². The molecule has 18 heavy (non-hydrogen) atoms. The van der Waals surface area contributed by atoms with Crippen LogP contribution in [-0.2, 0) is 16.0 Å². The molecule has 1 aromatic rings. The lowest BCUT2D eigenvalue weighted by Crippen LogP contribution is -2.27. The summed E-state index contributed by atoms with van der Waals surface area (Å²) in [6.07, 6.45) is 3.97. The highest BCUT2D eigenvalue weighted by Crippen LogP contribution is 2.15. The van der Waals surface area contributed by atoms with Gasteiger partial charge >= 0.3 is 0 Å². The van der Waals surface area contributed by atoms with Gasteiger partial charge in [-0.1, -0.05) is 0 Å². The lowest BCUT2D eigenvalue weighted by molar-refractivity contribution is -0.120. The predicted molar refractivity (Wildman–Crippen MR) is 68.9 cm³/mol. The minimum Gasteiger partial charge on any atom is -0.397 e. The van der Waals surface area contributed by atoms with E-state index in [1.165, 1.54) is 0 Å². The van der Waals surface area contributed by atoms with Gasteiger partial charge in [0.2, 0.25) is 5.91 Å². The van der Waals surface area contributed by atoms with Crippen LogP contribution < -0.4 is 11.1 Å². The van der Waals surface area contributed by atoms with Gasteiger partial charge in [-0.05, 0) is 30.9 Å². The number of hydrogen-bond acceptors (Lipinski definition) is 4. The Kier molecular flexibility index (Phi) is 4.52. The molecule has 1 amide bonds. The van der Waals surface area contributed by atoms with Gasteiger partial charge in [-0.15, -0.1) is 0 Å². The number of carbonyl (C=O) groups is 1. The average molecular weight is 249 g/mol. The number of nitrogens with two attached hydrogens (primary N) is 1. The summed E-state index contributed by atoms with van der Waals surface area (Å²) in [7, 11) is 0. The number of nitrogens with zero attached hydrogens (tertiary/aromatic N) is 1. The normalized spacial score (nSPS) is 18.8. The summed E-state index contributed by atoms with van der Waals surface area (Å²) in [6, 6.07) is 3.53. The van der Waals surface area contributed by atoms with Crippen LogP contribution in [0.5, 0.6) is 0 Å². The van der Waals surface area contributed by atoms with E-state index in [4.69, 9.17) is 10.5 Å². The van der Waals surface area contributed by atoms with Crippen LogP contribution in [0.1, 0.15) is 18.5 Å². The molecule has 1 fully saturated rings. The van der Waals surface area contributed by atoms with Crippen molar-refractivity contribution in [2.75, 3.05) is 25.5 Å². The number of amides is 1. The first kappa shape index (κ1) is 12.8. The molecule has 5 nitrogen and oxygen atoms in total. The fourth-order valence-corrected chi connectivity index (χ4v) is 1.99. The van der Waals surface area contributed by atoms with E-state index in [9.17, 15) is 4.79 Å². The summed E-state index contributed by atoms with van der Waals surface area (Å²) in [5.41, 5.74) is 6.89. The van der Waals surface area contributed by atoms with Crippen LogP contribution in [0, 0.1) is 5.92 Å². The van der Waals surface area contributed by atoms with Gasteiger partial charge in [-0.2, -0.15) is 0 Å². The number of carbonyl (C=O) groups excluding carboxylic acids is 1. The molecule has 2 heterocycles. The van der Waals surface area contributed by atoms with Gasteiger partial charge in [0.05, 0.1) is 18.3 Å². The molecule has 0 saturated carbocycles. The molecule has 0 aliphatic carbocycles. The second-order valence-electron chi connectivity index (χ2n) is 4.63. The summed E-state index contributed by atoms with van der Waals surface area (Å²) in [4.78, 5) is 15.8. The zero-order valence-corrected chi connectivity index (χ0v) is 10.4. The van der Waals surface area contributed by atoms with Gasteiger partial charge in [-0.3, -0.25) is 9.78 Å². The first-order chi connectivity index (χ1) is 8.74. The maximum absolute atomic E-state index is 11.7. The Morgan fingerprint density at radius 3 is 3.11 bits per heavy atom. The van der Waals surface area contributed by atoms with E-state index in [-0.39, 0.29) is 5.91 Å². The highest BCUT2D eigenvalue weighted by Gasteiger charge is 2.15. The van der Waals surface area contributed by atoms with Crippen LogP contribution in [0.3, 0.4) is 0 Å². The van der Waals surface area contributed by atoms with E-state index < -0.39 is 0 Å². The van der Waals surface area contributed by atoms with Crippen LogP contribution in [0.25, 0.3) is 0 Å². The number of hydrogen-bond donors (Lipinski definition) is 2. The molecule has 0 spiro atoms. The smallest absolute Gasteiger partial charge is 0.226 e. The third-order valence-corrected chi connectivity index (χ3v) is 3.09. The molecule has 1 aromatic heterocycles. The van der Waals surface area contributed by atoms with Crippen LogP contribution in [-0.4, -0.2) is 30.6 Å². The van der Waals surface area contributed by atoms with Crippen molar-refractivity contribution in [2.24, 2.45) is 5.92 Å². The van der Waals surface area contributed by atoms with Crippen LogP contribution >= 0.6 is 0 Å². The van der Waals surface area contributed by atoms with Gasteiger partial charge < -0.3 is 15.8 Å². The first-order valence-corrected chi connectivity index (χ1v) is 6.29. The molecule has 0 aromatic carbocycles. The van der Waals surface area contributed by atoms with E-state index in [0.29, 0.717) is 24.6 Å². The highest BCUT2D eigenvalue weighted by molar-refractivity contribution is 5.78. The van der Waals surface area contributed by atoms with Gasteiger partial charge in [-0.25, -0.2) is 0 Å². The van der Waals surface area contributed by atoms with Crippen molar-refractivity contribution in [1.82, 2.24) is 10.3 Å². The number of nitrogen functional groups attached to an aromatic ring is 1. The molecule has 1 unspecified atom stereocenters. The lowest BCUT2D eigenvalue weighted by atomic mass is 10.1.